The highest BCUT2D eigenvalue weighted by Crippen LogP contribution is 2.21. The van der Waals surface area contributed by atoms with Crippen LogP contribution < -0.4 is 5.73 Å². The van der Waals surface area contributed by atoms with Crippen LogP contribution in [0.5, 0.6) is 0 Å². The lowest BCUT2D eigenvalue weighted by Crippen LogP contribution is -2.47. The van der Waals surface area contributed by atoms with Crippen LogP contribution in [0.15, 0.2) is 30.3 Å². The van der Waals surface area contributed by atoms with Crippen LogP contribution in [-0.2, 0) is 16.1 Å². The fourth-order valence-electron chi connectivity index (χ4n) is 2.72. The average Bonchev–Trinajstić information content (AvgIpc) is 2.46. The summed E-state index contributed by atoms with van der Waals surface area (Å²) in [6.07, 6.45) is 5.57. The first kappa shape index (κ1) is 15.3. The van der Waals surface area contributed by atoms with Gasteiger partial charge in [0, 0.05) is 12.6 Å². The van der Waals surface area contributed by atoms with Crippen LogP contribution in [0.25, 0.3) is 6.08 Å². The van der Waals surface area contributed by atoms with E-state index in [0.29, 0.717) is 6.54 Å². The van der Waals surface area contributed by atoms with Crippen molar-refractivity contribution in [3.8, 4) is 0 Å². The molecule has 0 bridgehead atoms. The van der Waals surface area contributed by atoms with E-state index in [1.54, 1.807) is 6.08 Å². The van der Waals surface area contributed by atoms with Crippen molar-refractivity contribution in [1.29, 1.82) is 0 Å². The van der Waals surface area contributed by atoms with Gasteiger partial charge in [-0.3, -0.25) is 9.69 Å². The fourth-order valence-corrected chi connectivity index (χ4v) is 2.72. The Morgan fingerprint density at radius 3 is 2.81 bits per heavy atom. The highest BCUT2D eigenvalue weighted by Gasteiger charge is 2.26. The SMILES string of the molecule is NC(=O)C1CCCCN1Cc1ccccc1C=CC(=O)O. The minimum Gasteiger partial charge on any atom is -0.478 e. The highest BCUT2D eigenvalue weighted by atomic mass is 16.4. The quantitative estimate of drug-likeness (QED) is 0.806. The molecule has 1 heterocycles. The van der Waals surface area contributed by atoms with E-state index in [1.807, 2.05) is 24.3 Å². The second-order valence-electron chi connectivity index (χ2n) is 5.25. The predicted molar refractivity (Wildman–Crippen MR) is 80.4 cm³/mol. The second-order valence-corrected chi connectivity index (χ2v) is 5.25. The van der Waals surface area contributed by atoms with Crippen molar-refractivity contribution in [2.75, 3.05) is 6.54 Å². The lowest BCUT2D eigenvalue weighted by molar-refractivity contribution is -0.131. The van der Waals surface area contributed by atoms with Crippen molar-refractivity contribution in [2.45, 2.75) is 31.8 Å². The summed E-state index contributed by atoms with van der Waals surface area (Å²) in [6.45, 7) is 1.44. The molecule has 112 valence electrons. The van der Waals surface area contributed by atoms with Crippen molar-refractivity contribution < 1.29 is 14.7 Å². The van der Waals surface area contributed by atoms with Crippen LogP contribution in [-0.4, -0.2) is 34.5 Å². The van der Waals surface area contributed by atoms with Gasteiger partial charge in [0.25, 0.3) is 0 Å². The number of carboxylic acid groups (broad SMARTS) is 1. The molecular formula is C16H20N2O3. The number of aliphatic carboxylic acids is 1. The first-order valence-electron chi connectivity index (χ1n) is 7.10. The number of nitrogens with zero attached hydrogens (tertiary/aromatic N) is 1. The number of likely N-dealkylation sites (tertiary alicyclic amines) is 1. The molecule has 1 aliphatic heterocycles. The number of primary amides is 1. The number of amides is 1. The van der Waals surface area contributed by atoms with Crippen molar-refractivity contribution >= 4 is 18.0 Å². The van der Waals surface area contributed by atoms with Crippen LogP contribution in [0.3, 0.4) is 0 Å². The van der Waals surface area contributed by atoms with Gasteiger partial charge < -0.3 is 10.8 Å². The van der Waals surface area contributed by atoms with Crippen LogP contribution in [0.2, 0.25) is 0 Å². The Balaban J connectivity index is 2.18. The summed E-state index contributed by atoms with van der Waals surface area (Å²) in [4.78, 5) is 24.3. The standard InChI is InChI=1S/C16H20N2O3/c17-16(21)14-7-3-4-10-18(14)11-13-6-2-1-5-12(13)8-9-15(19)20/h1-2,5-6,8-9,14H,3-4,7,10-11H2,(H2,17,21)(H,19,20). The molecular weight excluding hydrogens is 268 g/mol. The summed E-state index contributed by atoms with van der Waals surface area (Å²) in [5, 5.41) is 8.74. The molecule has 5 nitrogen and oxygen atoms in total. The Labute approximate surface area is 124 Å². The number of piperidine rings is 1. The summed E-state index contributed by atoms with van der Waals surface area (Å²) in [5.41, 5.74) is 7.33. The van der Waals surface area contributed by atoms with E-state index >= 15 is 0 Å². The molecule has 1 aromatic rings. The molecule has 1 unspecified atom stereocenters. The average molecular weight is 288 g/mol. The van der Waals surface area contributed by atoms with E-state index in [0.717, 1.165) is 43.0 Å². The molecule has 2 rings (SSSR count). The second kappa shape index (κ2) is 7.04. The lowest BCUT2D eigenvalue weighted by Gasteiger charge is -2.33. The number of carboxylic acids is 1. The zero-order chi connectivity index (χ0) is 15.2. The third kappa shape index (κ3) is 4.16. The van der Waals surface area contributed by atoms with Gasteiger partial charge in [-0.15, -0.1) is 0 Å². The fraction of sp³-hybridized carbons (Fsp3) is 0.375. The van der Waals surface area contributed by atoms with E-state index in [4.69, 9.17) is 10.8 Å². The van der Waals surface area contributed by atoms with Crippen LogP contribution >= 0.6 is 0 Å². The lowest BCUT2D eigenvalue weighted by atomic mass is 9.99. The highest BCUT2D eigenvalue weighted by molar-refractivity contribution is 5.85. The topological polar surface area (TPSA) is 83.6 Å². The number of nitrogens with two attached hydrogens (primary N) is 1. The predicted octanol–water partition coefficient (Wildman–Crippen LogP) is 1.62. The first-order valence-corrected chi connectivity index (χ1v) is 7.10. The van der Waals surface area contributed by atoms with Crippen LogP contribution in [0.1, 0.15) is 30.4 Å². The van der Waals surface area contributed by atoms with E-state index in [2.05, 4.69) is 4.90 Å². The minimum absolute atomic E-state index is 0.227. The summed E-state index contributed by atoms with van der Waals surface area (Å²) in [5.74, 6) is -1.26. The molecule has 3 N–H and O–H groups in total. The van der Waals surface area contributed by atoms with Crippen molar-refractivity contribution in [3.05, 3.63) is 41.5 Å². The largest absolute Gasteiger partial charge is 0.478 e. The monoisotopic (exact) mass is 288 g/mol. The molecule has 1 aromatic carbocycles. The Hall–Kier alpha value is -2.14. The zero-order valence-corrected chi connectivity index (χ0v) is 11.9. The molecule has 0 radical (unpaired) electrons. The number of carbonyl (C=O) groups excluding carboxylic acids is 1. The van der Waals surface area contributed by atoms with Crippen molar-refractivity contribution in [2.24, 2.45) is 5.73 Å². The Bertz CT molecular complexity index is 554. The summed E-state index contributed by atoms with van der Waals surface area (Å²) >= 11 is 0. The number of carbonyl (C=O) groups is 2. The van der Waals surface area contributed by atoms with Gasteiger partial charge in [-0.25, -0.2) is 4.79 Å². The van der Waals surface area contributed by atoms with E-state index in [9.17, 15) is 9.59 Å². The Kier molecular flexibility index (Phi) is 5.11. The van der Waals surface area contributed by atoms with Gasteiger partial charge in [0.2, 0.25) is 5.91 Å². The van der Waals surface area contributed by atoms with Crippen molar-refractivity contribution in [3.63, 3.8) is 0 Å². The third-order valence-corrected chi connectivity index (χ3v) is 3.78. The van der Waals surface area contributed by atoms with Crippen molar-refractivity contribution in [1.82, 2.24) is 4.90 Å². The molecule has 0 aromatic heterocycles. The number of rotatable bonds is 5. The normalized spacial score (nSPS) is 19.7. The number of benzene rings is 1. The molecule has 5 heteroatoms. The maximum atomic E-state index is 11.5. The summed E-state index contributed by atoms with van der Waals surface area (Å²) in [6, 6.07) is 7.38. The van der Waals surface area contributed by atoms with Gasteiger partial charge >= 0.3 is 5.97 Å². The molecule has 1 amide bonds. The molecule has 1 atom stereocenters. The molecule has 21 heavy (non-hydrogen) atoms. The van der Waals surface area contributed by atoms with E-state index < -0.39 is 5.97 Å². The minimum atomic E-state index is -0.974. The first-order chi connectivity index (χ1) is 10.1. The molecule has 1 saturated heterocycles. The molecule has 0 saturated carbocycles. The van der Waals surface area contributed by atoms with Gasteiger partial charge in [0.05, 0.1) is 6.04 Å². The van der Waals surface area contributed by atoms with Gasteiger partial charge in [-0.2, -0.15) is 0 Å². The molecule has 0 spiro atoms. The Morgan fingerprint density at radius 2 is 2.10 bits per heavy atom. The smallest absolute Gasteiger partial charge is 0.328 e. The van der Waals surface area contributed by atoms with E-state index in [-0.39, 0.29) is 11.9 Å². The number of hydrogen-bond donors (Lipinski definition) is 2. The summed E-state index contributed by atoms with van der Waals surface area (Å²) in [7, 11) is 0. The van der Waals surface area contributed by atoms with Gasteiger partial charge in [-0.05, 0) is 36.6 Å². The van der Waals surface area contributed by atoms with Gasteiger partial charge in [-0.1, -0.05) is 30.7 Å². The molecule has 1 aliphatic rings. The van der Waals surface area contributed by atoms with Crippen LogP contribution in [0.4, 0.5) is 0 Å². The number of hydrogen-bond acceptors (Lipinski definition) is 3. The maximum Gasteiger partial charge on any atom is 0.328 e. The van der Waals surface area contributed by atoms with E-state index in [1.165, 1.54) is 0 Å². The van der Waals surface area contributed by atoms with Crippen LogP contribution in [0, 0.1) is 0 Å². The molecule has 0 aliphatic carbocycles. The third-order valence-electron chi connectivity index (χ3n) is 3.78. The van der Waals surface area contributed by atoms with Gasteiger partial charge in [0.1, 0.15) is 0 Å². The maximum absolute atomic E-state index is 11.5. The summed E-state index contributed by atoms with van der Waals surface area (Å²) < 4.78 is 0. The molecule has 1 fully saturated rings. The Morgan fingerprint density at radius 1 is 1.33 bits per heavy atom. The zero-order valence-electron chi connectivity index (χ0n) is 11.9. The van der Waals surface area contributed by atoms with Gasteiger partial charge in [0.15, 0.2) is 0 Å².